The van der Waals surface area contributed by atoms with Gasteiger partial charge in [-0.05, 0) is 12.8 Å². The Bertz CT molecular complexity index is 134. The summed E-state index contributed by atoms with van der Waals surface area (Å²) in [7, 11) is 0. The molecule has 0 aliphatic rings. The van der Waals surface area contributed by atoms with Crippen LogP contribution in [0.2, 0.25) is 0 Å². The Morgan fingerprint density at radius 1 is 1.15 bits per heavy atom. The highest BCUT2D eigenvalue weighted by Crippen LogP contribution is 2.16. The SMILES string of the molecule is CCCCCC(CCC)C(=O)CN. The average molecular weight is 185 g/mol. The molecule has 0 heterocycles. The van der Waals surface area contributed by atoms with E-state index < -0.39 is 0 Å². The van der Waals surface area contributed by atoms with E-state index in [1.807, 2.05) is 0 Å². The first kappa shape index (κ1) is 12.6. The zero-order valence-corrected chi connectivity index (χ0v) is 9.01. The van der Waals surface area contributed by atoms with Crippen LogP contribution >= 0.6 is 0 Å². The third-order valence-corrected chi connectivity index (χ3v) is 2.45. The molecule has 0 bridgehead atoms. The fourth-order valence-corrected chi connectivity index (χ4v) is 1.62. The Hall–Kier alpha value is -0.370. The van der Waals surface area contributed by atoms with Crippen molar-refractivity contribution in [2.75, 3.05) is 6.54 Å². The summed E-state index contributed by atoms with van der Waals surface area (Å²) in [5, 5.41) is 0. The molecule has 2 N–H and O–H groups in total. The lowest BCUT2D eigenvalue weighted by Gasteiger charge is -2.13. The quantitative estimate of drug-likeness (QED) is 0.590. The molecule has 2 nitrogen and oxygen atoms in total. The third-order valence-electron chi connectivity index (χ3n) is 2.45. The molecule has 0 spiro atoms. The van der Waals surface area contributed by atoms with Crippen molar-refractivity contribution in [1.82, 2.24) is 0 Å². The van der Waals surface area contributed by atoms with Crippen molar-refractivity contribution in [1.29, 1.82) is 0 Å². The number of carbonyl (C=O) groups excluding carboxylic acids is 1. The fraction of sp³-hybridized carbons (Fsp3) is 0.909. The van der Waals surface area contributed by atoms with Crippen molar-refractivity contribution in [3.63, 3.8) is 0 Å². The highest BCUT2D eigenvalue weighted by Gasteiger charge is 2.14. The van der Waals surface area contributed by atoms with Gasteiger partial charge in [0.2, 0.25) is 0 Å². The Kier molecular flexibility index (Phi) is 8.00. The molecule has 0 aromatic heterocycles. The van der Waals surface area contributed by atoms with E-state index in [9.17, 15) is 4.79 Å². The number of rotatable bonds is 8. The number of ketones is 1. The highest BCUT2D eigenvalue weighted by atomic mass is 16.1. The van der Waals surface area contributed by atoms with Gasteiger partial charge in [0.15, 0.2) is 0 Å². The van der Waals surface area contributed by atoms with Crippen molar-refractivity contribution in [2.24, 2.45) is 11.7 Å². The molecule has 0 saturated carbocycles. The summed E-state index contributed by atoms with van der Waals surface area (Å²) < 4.78 is 0. The minimum Gasteiger partial charge on any atom is -0.324 e. The maximum absolute atomic E-state index is 11.4. The van der Waals surface area contributed by atoms with E-state index in [0.717, 1.165) is 19.3 Å². The summed E-state index contributed by atoms with van der Waals surface area (Å²) in [5.41, 5.74) is 5.36. The lowest BCUT2D eigenvalue weighted by Crippen LogP contribution is -2.23. The van der Waals surface area contributed by atoms with Crippen LogP contribution in [0.25, 0.3) is 0 Å². The third kappa shape index (κ3) is 5.81. The minimum absolute atomic E-state index is 0.219. The predicted octanol–water partition coefficient (Wildman–Crippen LogP) is 2.51. The molecule has 13 heavy (non-hydrogen) atoms. The zero-order valence-electron chi connectivity index (χ0n) is 9.01. The molecule has 0 aliphatic carbocycles. The van der Waals surface area contributed by atoms with Crippen molar-refractivity contribution < 1.29 is 4.79 Å². The number of hydrogen-bond donors (Lipinski definition) is 1. The molecule has 2 heteroatoms. The number of nitrogens with two attached hydrogens (primary N) is 1. The lowest BCUT2D eigenvalue weighted by atomic mass is 9.92. The Labute approximate surface area is 81.9 Å². The van der Waals surface area contributed by atoms with E-state index in [1.54, 1.807) is 0 Å². The molecule has 0 aliphatic heterocycles. The van der Waals surface area contributed by atoms with Gasteiger partial charge in [-0.2, -0.15) is 0 Å². The summed E-state index contributed by atoms with van der Waals surface area (Å²) in [6.07, 6.45) is 6.76. The van der Waals surface area contributed by atoms with Crippen LogP contribution in [0.15, 0.2) is 0 Å². The normalized spacial score (nSPS) is 12.8. The number of hydrogen-bond acceptors (Lipinski definition) is 2. The van der Waals surface area contributed by atoms with Gasteiger partial charge in [-0.15, -0.1) is 0 Å². The smallest absolute Gasteiger partial charge is 0.149 e. The van der Waals surface area contributed by atoms with Gasteiger partial charge in [-0.25, -0.2) is 0 Å². The molecule has 0 aromatic rings. The van der Waals surface area contributed by atoms with E-state index in [2.05, 4.69) is 13.8 Å². The summed E-state index contributed by atoms with van der Waals surface area (Å²) in [4.78, 5) is 11.4. The molecule has 0 radical (unpaired) electrons. The van der Waals surface area contributed by atoms with Crippen molar-refractivity contribution in [3.05, 3.63) is 0 Å². The number of unbranched alkanes of at least 4 members (excludes halogenated alkanes) is 2. The summed E-state index contributed by atoms with van der Waals surface area (Å²) in [5.74, 6) is 0.486. The first-order valence-corrected chi connectivity index (χ1v) is 5.49. The zero-order chi connectivity index (χ0) is 10.1. The summed E-state index contributed by atoms with van der Waals surface area (Å²) >= 11 is 0. The van der Waals surface area contributed by atoms with Gasteiger partial charge < -0.3 is 5.73 Å². The molecule has 0 rings (SSSR count). The van der Waals surface area contributed by atoms with Crippen molar-refractivity contribution in [3.8, 4) is 0 Å². The first-order chi connectivity index (χ1) is 6.26. The Morgan fingerprint density at radius 2 is 1.85 bits per heavy atom. The highest BCUT2D eigenvalue weighted by molar-refractivity contribution is 5.82. The van der Waals surface area contributed by atoms with Crippen LogP contribution < -0.4 is 5.73 Å². The monoisotopic (exact) mass is 185 g/mol. The standard InChI is InChI=1S/C11H23NO/c1-3-5-6-8-10(7-4-2)11(13)9-12/h10H,3-9,12H2,1-2H3. The molecule has 0 aromatic carbocycles. The predicted molar refractivity (Wildman–Crippen MR) is 56.6 cm³/mol. The second-order valence-corrected chi connectivity index (χ2v) is 3.65. The van der Waals surface area contributed by atoms with Gasteiger partial charge in [-0.1, -0.05) is 39.5 Å². The fourth-order valence-electron chi connectivity index (χ4n) is 1.62. The van der Waals surface area contributed by atoms with Crippen LogP contribution in [0.5, 0.6) is 0 Å². The van der Waals surface area contributed by atoms with Gasteiger partial charge in [-0.3, -0.25) is 4.79 Å². The molecular formula is C11H23NO. The van der Waals surface area contributed by atoms with Crippen LogP contribution in [0, 0.1) is 5.92 Å². The lowest BCUT2D eigenvalue weighted by molar-refractivity contribution is -0.121. The largest absolute Gasteiger partial charge is 0.324 e. The van der Waals surface area contributed by atoms with Crippen LogP contribution in [-0.4, -0.2) is 12.3 Å². The van der Waals surface area contributed by atoms with Crippen LogP contribution in [0.4, 0.5) is 0 Å². The van der Waals surface area contributed by atoms with E-state index in [-0.39, 0.29) is 18.2 Å². The van der Waals surface area contributed by atoms with E-state index in [4.69, 9.17) is 5.73 Å². The molecule has 1 unspecified atom stereocenters. The van der Waals surface area contributed by atoms with Crippen molar-refractivity contribution in [2.45, 2.75) is 52.4 Å². The topological polar surface area (TPSA) is 43.1 Å². The molecule has 0 saturated heterocycles. The number of Topliss-reactive ketones (excluding diaryl/α,β-unsaturated/α-hetero) is 1. The Balaban J connectivity index is 3.73. The molecule has 78 valence electrons. The van der Waals surface area contributed by atoms with Crippen LogP contribution in [0.1, 0.15) is 52.4 Å². The van der Waals surface area contributed by atoms with Gasteiger partial charge in [0.25, 0.3) is 0 Å². The second kappa shape index (κ2) is 8.24. The maximum Gasteiger partial charge on any atom is 0.149 e. The van der Waals surface area contributed by atoms with E-state index in [0.29, 0.717) is 0 Å². The van der Waals surface area contributed by atoms with Crippen LogP contribution in [-0.2, 0) is 4.79 Å². The first-order valence-electron chi connectivity index (χ1n) is 5.49. The summed E-state index contributed by atoms with van der Waals surface area (Å²) in [6, 6.07) is 0. The van der Waals surface area contributed by atoms with Crippen LogP contribution in [0.3, 0.4) is 0 Å². The van der Waals surface area contributed by atoms with Gasteiger partial charge >= 0.3 is 0 Å². The second-order valence-electron chi connectivity index (χ2n) is 3.65. The number of carbonyl (C=O) groups is 1. The van der Waals surface area contributed by atoms with Crippen molar-refractivity contribution >= 4 is 5.78 Å². The molecule has 1 atom stereocenters. The minimum atomic E-state index is 0.219. The van der Waals surface area contributed by atoms with E-state index >= 15 is 0 Å². The molecule has 0 fully saturated rings. The van der Waals surface area contributed by atoms with Gasteiger partial charge in [0, 0.05) is 5.92 Å². The van der Waals surface area contributed by atoms with E-state index in [1.165, 1.54) is 19.3 Å². The molecule has 0 amide bonds. The maximum atomic E-state index is 11.4. The average Bonchev–Trinajstić information content (AvgIpc) is 2.16. The Morgan fingerprint density at radius 3 is 2.31 bits per heavy atom. The van der Waals surface area contributed by atoms with Gasteiger partial charge in [0.1, 0.15) is 5.78 Å². The van der Waals surface area contributed by atoms with Gasteiger partial charge in [0.05, 0.1) is 6.54 Å². The summed E-state index contributed by atoms with van der Waals surface area (Å²) in [6.45, 7) is 4.52. The molecular weight excluding hydrogens is 162 g/mol.